The van der Waals surface area contributed by atoms with Gasteiger partial charge in [-0.05, 0) is 42.8 Å². The largest absolute Gasteiger partial charge is 0.497 e. The Kier molecular flexibility index (Phi) is 4.81. The zero-order chi connectivity index (χ0) is 19.6. The molecule has 8 heteroatoms. The molecule has 1 heterocycles. The number of benzene rings is 2. The van der Waals surface area contributed by atoms with Crippen LogP contribution in [-0.2, 0) is 15.1 Å². The average molecular weight is 371 g/mol. The Morgan fingerprint density at radius 2 is 1.93 bits per heavy atom. The molecule has 1 fully saturated rings. The van der Waals surface area contributed by atoms with Gasteiger partial charge >= 0.3 is 6.03 Å². The lowest BCUT2D eigenvalue weighted by Gasteiger charge is -2.22. The third-order valence-electron chi connectivity index (χ3n) is 4.35. The molecule has 0 saturated carbocycles. The van der Waals surface area contributed by atoms with Gasteiger partial charge in [-0.25, -0.2) is 9.18 Å². The number of rotatable bonds is 5. The van der Waals surface area contributed by atoms with Crippen LogP contribution in [0.15, 0.2) is 48.5 Å². The van der Waals surface area contributed by atoms with Gasteiger partial charge < -0.3 is 15.4 Å². The van der Waals surface area contributed by atoms with Gasteiger partial charge in [0.05, 0.1) is 7.11 Å². The molecule has 0 aromatic heterocycles. The van der Waals surface area contributed by atoms with Gasteiger partial charge in [0.2, 0.25) is 5.91 Å². The second-order valence-corrected chi connectivity index (χ2v) is 6.23. The van der Waals surface area contributed by atoms with Crippen molar-refractivity contribution in [3.63, 3.8) is 0 Å². The topological polar surface area (TPSA) is 87.7 Å². The Morgan fingerprint density at radius 3 is 2.56 bits per heavy atom. The second kappa shape index (κ2) is 7.06. The third kappa shape index (κ3) is 3.59. The molecular formula is C19H18FN3O4. The summed E-state index contributed by atoms with van der Waals surface area (Å²) in [6.07, 6.45) is 0. The van der Waals surface area contributed by atoms with E-state index in [2.05, 4.69) is 10.6 Å². The van der Waals surface area contributed by atoms with E-state index in [-0.39, 0.29) is 5.69 Å². The maximum Gasteiger partial charge on any atom is 0.325 e. The molecule has 0 spiro atoms. The molecule has 0 aliphatic carbocycles. The number of anilines is 1. The number of hydrogen-bond donors (Lipinski definition) is 2. The Morgan fingerprint density at radius 1 is 1.22 bits per heavy atom. The predicted octanol–water partition coefficient (Wildman–Crippen LogP) is 2.24. The van der Waals surface area contributed by atoms with Crippen LogP contribution in [0.1, 0.15) is 12.5 Å². The highest BCUT2D eigenvalue weighted by Crippen LogP contribution is 2.30. The van der Waals surface area contributed by atoms with Gasteiger partial charge in [-0.15, -0.1) is 0 Å². The molecule has 1 aliphatic heterocycles. The van der Waals surface area contributed by atoms with Gasteiger partial charge in [0.1, 0.15) is 23.7 Å². The predicted molar refractivity (Wildman–Crippen MR) is 95.6 cm³/mol. The molecule has 1 unspecified atom stereocenters. The van der Waals surface area contributed by atoms with E-state index in [0.29, 0.717) is 11.3 Å². The number of carbonyl (C=O) groups excluding carboxylic acids is 3. The van der Waals surface area contributed by atoms with Crippen LogP contribution in [0.5, 0.6) is 5.75 Å². The fourth-order valence-electron chi connectivity index (χ4n) is 2.87. The minimum Gasteiger partial charge on any atom is -0.497 e. The van der Waals surface area contributed by atoms with Crippen LogP contribution >= 0.6 is 0 Å². The first-order valence-corrected chi connectivity index (χ1v) is 8.17. The summed E-state index contributed by atoms with van der Waals surface area (Å²) in [6.45, 7) is 1.09. The molecular weight excluding hydrogens is 353 g/mol. The lowest BCUT2D eigenvalue weighted by atomic mass is 9.92. The lowest BCUT2D eigenvalue weighted by Crippen LogP contribution is -2.42. The van der Waals surface area contributed by atoms with Gasteiger partial charge in [-0.1, -0.05) is 18.2 Å². The van der Waals surface area contributed by atoms with Crippen LogP contribution in [0.3, 0.4) is 0 Å². The summed E-state index contributed by atoms with van der Waals surface area (Å²) < 4.78 is 18.3. The third-order valence-corrected chi connectivity index (χ3v) is 4.35. The van der Waals surface area contributed by atoms with Crippen LogP contribution in [0.25, 0.3) is 0 Å². The summed E-state index contributed by atoms with van der Waals surface area (Å²) in [6, 6.07) is 11.4. The van der Waals surface area contributed by atoms with Gasteiger partial charge in [-0.3, -0.25) is 14.5 Å². The Bertz CT molecular complexity index is 900. The van der Waals surface area contributed by atoms with E-state index >= 15 is 0 Å². The van der Waals surface area contributed by atoms with Crippen molar-refractivity contribution < 1.29 is 23.5 Å². The van der Waals surface area contributed by atoms with Crippen molar-refractivity contribution >= 4 is 23.5 Å². The standard InChI is InChI=1S/C19H18FN3O4/c1-19(12-6-8-15(27-2)9-7-12)17(25)23(18(26)22-19)11-16(24)21-14-5-3-4-13(20)10-14/h3-10H,11H2,1-2H3,(H,21,24)(H,22,26). The van der Waals surface area contributed by atoms with Crippen molar-refractivity contribution in [2.24, 2.45) is 0 Å². The summed E-state index contributed by atoms with van der Waals surface area (Å²) in [5, 5.41) is 5.08. The summed E-state index contributed by atoms with van der Waals surface area (Å²) in [4.78, 5) is 38.1. The fraction of sp³-hybridized carbons (Fsp3) is 0.211. The van der Waals surface area contributed by atoms with E-state index in [1.54, 1.807) is 31.2 Å². The normalized spacial score (nSPS) is 19.0. The Balaban J connectivity index is 1.74. The number of amides is 4. The number of methoxy groups -OCH3 is 1. The van der Waals surface area contributed by atoms with Crippen molar-refractivity contribution in [1.29, 1.82) is 0 Å². The van der Waals surface area contributed by atoms with Gasteiger partial charge in [0.25, 0.3) is 5.91 Å². The van der Waals surface area contributed by atoms with Crippen LogP contribution in [0.4, 0.5) is 14.9 Å². The first-order chi connectivity index (χ1) is 12.8. The maximum absolute atomic E-state index is 13.2. The van der Waals surface area contributed by atoms with Crippen molar-refractivity contribution in [3.8, 4) is 5.75 Å². The summed E-state index contributed by atoms with van der Waals surface area (Å²) in [5.41, 5.74) is -0.484. The van der Waals surface area contributed by atoms with Crippen molar-refractivity contribution in [1.82, 2.24) is 10.2 Å². The van der Waals surface area contributed by atoms with Crippen LogP contribution in [0.2, 0.25) is 0 Å². The zero-order valence-electron chi connectivity index (χ0n) is 14.8. The fourth-order valence-corrected chi connectivity index (χ4v) is 2.87. The number of nitrogens with zero attached hydrogens (tertiary/aromatic N) is 1. The Hall–Kier alpha value is -3.42. The van der Waals surface area contributed by atoms with E-state index in [9.17, 15) is 18.8 Å². The van der Waals surface area contributed by atoms with E-state index in [1.165, 1.54) is 25.3 Å². The summed E-state index contributed by atoms with van der Waals surface area (Å²) >= 11 is 0. The minimum absolute atomic E-state index is 0.241. The van der Waals surface area contributed by atoms with E-state index < -0.39 is 35.7 Å². The molecule has 140 valence electrons. The molecule has 4 amide bonds. The number of carbonyl (C=O) groups is 3. The molecule has 7 nitrogen and oxygen atoms in total. The summed E-state index contributed by atoms with van der Waals surface area (Å²) in [7, 11) is 1.53. The molecule has 1 saturated heterocycles. The quantitative estimate of drug-likeness (QED) is 0.789. The highest BCUT2D eigenvalue weighted by atomic mass is 19.1. The monoisotopic (exact) mass is 371 g/mol. The van der Waals surface area contributed by atoms with Gasteiger partial charge in [-0.2, -0.15) is 0 Å². The van der Waals surface area contributed by atoms with Crippen LogP contribution < -0.4 is 15.4 Å². The summed E-state index contributed by atoms with van der Waals surface area (Å²) in [5.74, 6) is -1.05. The van der Waals surface area contributed by atoms with Crippen molar-refractivity contribution in [2.45, 2.75) is 12.5 Å². The van der Waals surface area contributed by atoms with Crippen molar-refractivity contribution in [3.05, 3.63) is 59.9 Å². The molecule has 0 bridgehead atoms. The molecule has 2 aromatic carbocycles. The SMILES string of the molecule is COc1ccc(C2(C)NC(=O)N(CC(=O)Nc3cccc(F)c3)C2=O)cc1. The number of imide groups is 1. The number of nitrogens with one attached hydrogen (secondary N) is 2. The minimum atomic E-state index is -1.29. The van der Waals surface area contributed by atoms with Gasteiger partial charge in [0, 0.05) is 5.69 Å². The molecule has 2 N–H and O–H groups in total. The first kappa shape index (κ1) is 18.4. The highest BCUT2D eigenvalue weighted by molar-refractivity contribution is 6.10. The smallest absolute Gasteiger partial charge is 0.325 e. The van der Waals surface area contributed by atoms with E-state index in [1.807, 2.05) is 0 Å². The average Bonchev–Trinajstić information content (AvgIpc) is 2.86. The van der Waals surface area contributed by atoms with Crippen molar-refractivity contribution in [2.75, 3.05) is 19.0 Å². The van der Waals surface area contributed by atoms with Crippen LogP contribution in [0, 0.1) is 5.82 Å². The second-order valence-electron chi connectivity index (χ2n) is 6.23. The molecule has 1 aliphatic rings. The number of urea groups is 1. The maximum atomic E-state index is 13.2. The zero-order valence-corrected chi connectivity index (χ0v) is 14.8. The lowest BCUT2D eigenvalue weighted by molar-refractivity contribution is -0.133. The van der Waals surface area contributed by atoms with E-state index in [0.717, 1.165) is 11.0 Å². The molecule has 27 heavy (non-hydrogen) atoms. The van der Waals surface area contributed by atoms with Crippen LogP contribution in [-0.4, -0.2) is 36.4 Å². The first-order valence-electron chi connectivity index (χ1n) is 8.17. The highest BCUT2D eigenvalue weighted by Gasteiger charge is 2.49. The van der Waals surface area contributed by atoms with Gasteiger partial charge in [0.15, 0.2) is 0 Å². The number of hydrogen-bond acceptors (Lipinski definition) is 4. The Labute approximate surface area is 155 Å². The number of halogens is 1. The molecule has 0 radical (unpaired) electrons. The van der Waals surface area contributed by atoms with E-state index in [4.69, 9.17) is 4.74 Å². The number of ether oxygens (including phenoxy) is 1. The molecule has 2 aromatic rings. The molecule has 3 rings (SSSR count). The molecule has 1 atom stereocenters.